The van der Waals surface area contributed by atoms with Gasteiger partial charge in [0.25, 0.3) is 0 Å². The third-order valence-electron chi connectivity index (χ3n) is 5.28. The zero-order valence-corrected chi connectivity index (χ0v) is 15.5. The van der Waals surface area contributed by atoms with E-state index in [2.05, 4.69) is 78.9 Å². The van der Waals surface area contributed by atoms with Gasteiger partial charge in [-0.2, -0.15) is 0 Å². The molecule has 0 saturated heterocycles. The van der Waals surface area contributed by atoms with Gasteiger partial charge in [0.2, 0.25) is 0 Å². The quantitative estimate of drug-likeness (QED) is 0.695. The zero-order chi connectivity index (χ0) is 18.9. The van der Waals surface area contributed by atoms with Crippen molar-refractivity contribution in [3.05, 3.63) is 103 Å². The molecule has 0 heterocycles. The van der Waals surface area contributed by atoms with Crippen molar-refractivity contribution < 1.29 is 0 Å². The monoisotopic (exact) mass is 352 g/mol. The van der Waals surface area contributed by atoms with Gasteiger partial charge in [0.1, 0.15) is 0 Å². The summed E-state index contributed by atoms with van der Waals surface area (Å²) in [4.78, 5) is 0. The first kappa shape index (κ1) is 17.5. The highest BCUT2D eigenvalue weighted by molar-refractivity contribution is 5.91. The molecule has 0 radical (unpaired) electrons. The van der Waals surface area contributed by atoms with E-state index in [1.54, 1.807) is 0 Å². The molecule has 2 unspecified atom stereocenters. The summed E-state index contributed by atoms with van der Waals surface area (Å²) in [6, 6.07) is 27.2. The van der Waals surface area contributed by atoms with Crippen molar-refractivity contribution in [1.82, 2.24) is 0 Å². The van der Waals surface area contributed by atoms with Crippen LogP contribution < -0.4 is 11.5 Å². The summed E-state index contributed by atoms with van der Waals surface area (Å²) in [6.07, 6.45) is 6.07. The zero-order valence-electron chi connectivity index (χ0n) is 15.5. The topological polar surface area (TPSA) is 52.0 Å². The highest BCUT2D eigenvalue weighted by Gasteiger charge is 2.31. The summed E-state index contributed by atoms with van der Waals surface area (Å²) in [5, 5.41) is 0. The van der Waals surface area contributed by atoms with E-state index in [-0.39, 0.29) is 6.04 Å². The molecule has 0 spiro atoms. The van der Waals surface area contributed by atoms with Crippen LogP contribution in [0.1, 0.15) is 12.5 Å². The van der Waals surface area contributed by atoms with Crippen molar-refractivity contribution in [3.8, 4) is 22.3 Å². The molecule has 2 heteroatoms. The number of hydrogen-bond acceptors (Lipinski definition) is 2. The minimum atomic E-state index is -0.559. The largest absolute Gasteiger partial charge is 0.322 e. The van der Waals surface area contributed by atoms with Gasteiger partial charge in [-0.15, -0.1) is 0 Å². The Hall–Kier alpha value is -2.94. The van der Waals surface area contributed by atoms with E-state index in [1.165, 1.54) is 22.3 Å². The number of hydrogen-bond donors (Lipinski definition) is 2. The number of allylic oxidation sites excluding steroid dienone is 2. The second-order valence-electron chi connectivity index (χ2n) is 7.28. The third-order valence-corrected chi connectivity index (χ3v) is 5.28. The Balaban J connectivity index is 1.90. The predicted molar refractivity (Wildman–Crippen MR) is 115 cm³/mol. The summed E-state index contributed by atoms with van der Waals surface area (Å²) in [6.45, 7) is 1.97. The molecule has 27 heavy (non-hydrogen) atoms. The van der Waals surface area contributed by atoms with Crippen LogP contribution in [0.2, 0.25) is 0 Å². The van der Waals surface area contributed by atoms with E-state index in [0.717, 1.165) is 11.1 Å². The van der Waals surface area contributed by atoms with Crippen molar-refractivity contribution in [1.29, 1.82) is 0 Å². The molecule has 4 rings (SSSR count). The molecule has 3 aromatic rings. The molecule has 3 aromatic carbocycles. The first-order chi connectivity index (χ1) is 13.1. The molecule has 4 N–H and O–H groups in total. The summed E-state index contributed by atoms with van der Waals surface area (Å²) >= 11 is 0. The average Bonchev–Trinajstić information content (AvgIpc) is 2.71. The number of nitrogens with two attached hydrogens (primary N) is 2. The van der Waals surface area contributed by atoms with Crippen molar-refractivity contribution in [2.24, 2.45) is 11.5 Å². The smallest absolute Gasteiger partial charge is 0.0517 e. The molecule has 1 aliphatic carbocycles. The van der Waals surface area contributed by atoms with Crippen LogP contribution in [-0.4, -0.2) is 11.6 Å². The van der Waals surface area contributed by atoms with Crippen molar-refractivity contribution in [2.45, 2.75) is 18.5 Å². The van der Waals surface area contributed by atoms with Gasteiger partial charge in [-0.05, 0) is 40.3 Å². The van der Waals surface area contributed by atoms with Crippen molar-refractivity contribution >= 4 is 5.57 Å². The minimum Gasteiger partial charge on any atom is -0.322 e. The second kappa shape index (κ2) is 6.99. The second-order valence-corrected chi connectivity index (χ2v) is 7.28. The van der Waals surface area contributed by atoms with Crippen molar-refractivity contribution in [3.63, 3.8) is 0 Å². The predicted octanol–water partition coefficient (Wildman–Crippen LogP) is 5.02. The normalized spacial score (nSPS) is 21.7. The van der Waals surface area contributed by atoms with E-state index in [4.69, 9.17) is 11.5 Å². The van der Waals surface area contributed by atoms with Gasteiger partial charge in [0.05, 0.1) is 11.6 Å². The van der Waals surface area contributed by atoms with Crippen LogP contribution in [0, 0.1) is 0 Å². The molecule has 0 saturated carbocycles. The molecule has 134 valence electrons. The lowest BCUT2D eigenvalue weighted by Gasteiger charge is -2.33. The van der Waals surface area contributed by atoms with Crippen LogP contribution in [0.25, 0.3) is 27.8 Å². The lowest BCUT2D eigenvalue weighted by molar-refractivity contribution is 0.525. The molecule has 2 nitrogen and oxygen atoms in total. The van der Waals surface area contributed by atoms with E-state index < -0.39 is 5.54 Å². The van der Waals surface area contributed by atoms with Gasteiger partial charge >= 0.3 is 0 Å². The fourth-order valence-corrected chi connectivity index (χ4v) is 3.72. The Morgan fingerprint density at radius 3 is 1.89 bits per heavy atom. The van der Waals surface area contributed by atoms with Gasteiger partial charge in [-0.3, -0.25) is 0 Å². The van der Waals surface area contributed by atoms with Gasteiger partial charge in [-0.25, -0.2) is 0 Å². The lowest BCUT2D eigenvalue weighted by atomic mass is 9.79. The van der Waals surface area contributed by atoms with Gasteiger partial charge in [0.15, 0.2) is 0 Å². The van der Waals surface area contributed by atoms with Gasteiger partial charge < -0.3 is 11.5 Å². The Kier molecular flexibility index (Phi) is 4.53. The SMILES string of the molecule is CC1(N)C=CC=C(c2ccccc2-c2ccccc2-c2ccccc2)C1N. The van der Waals surface area contributed by atoms with Gasteiger partial charge in [-0.1, -0.05) is 97.1 Å². The first-order valence-corrected chi connectivity index (χ1v) is 9.26. The van der Waals surface area contributed by atoms with E-state index in [9.17, 15) is 0 Å². The van der Waals surface area contributed by atoms with Crippen LogP contribution in [0.3, 0.4) is 0 Å². The minimum absolute atomic E-state index is 0.257. The maximum absolute atomic E-state index is 6.54. The fraction of sp³-hybridized carbons (Fsp3) is 0.120. The lowest BCUT2D eigenvalue weighted by Crippen LogP contribution is -2.52. The molecule has 0 bridgehead atoms. The number of benzene rings is 3. The van der Waals surface area contributed by atoms with E-state index >= 15 is 0 Å². The van der Waals surface area contributed by atoms with Crippen LogP contribution in [-0.2, 0) is 0 Å². The molecule has 1 aliphatic rings. The van der Waals surface area contributed by atoms with Crippen LogP contribution in [0.5, 0.6) is 0 Å². The Labute approximate surface area is 160 Å². The molecular formula is C25H24N2. The first-order valence-electron chi connectivity index (χ1n) is 9.26. The summed E-state index contributed by atoms with van der Waals surface area (Å²) < 4.78 is 0. The van der Waals surface area contributed by atoms with Crippen LogP contribution in [0.4, 0.5) is 0 Å². The third kappa shape index (κ3) is 3.25. The fourth-order valence-electron chi connectivity index (χ4n) is 3.72. The van der Waals surface area contributed by atoms with E-state index in [0.29, 0.717) is 0 Å². The Morgan fingerprint density at radius 2 is 1.22 bits per heavy atom. The maximum Gasteiger partial charge on any atom is 0.0517 e. The molecular weight excluding hydrogens is 328 g/mol. The van der Waals surface area contributed by atoms with Crippen molar-refractivity contribution in [2.75, 3.05) is 0 Å². The molecule has 2 atom stereocenters. The Bertz CT molecular complexity index is 1010. The van der Waals surface area contributed by atoms with E-state index in [1.807, 2.05) is 25.1 Å². The summed E-state index contributed by atoms with van der Waals surface area (Å²) in [5.41, 5.74) is 19.4. The van der Waals surface area contributed by atoms with Crippen LogP contribution >= 0.6 is 0 Å². The van der Waals surface area contributed by atoms with Crippen LogP contribution in [0.15, 0.2) is 97.1 Å². The maximum atomic E-state index is 6.54. The highest BCUT2D eigenvalue weighted by Crippen LogP contribution is 2.38. The summed E-state index contributed by atoms with van der Waals surface area (Å²) in [5.74, 6) is 0. The van der Waals surface area contributed by atoms with Gasteiger partial charge in [0, 0.05) is 0 Å². The standard InChI is InChI=1S/C25H24N2/c1-25(27)17-9-16-23(24(25)26)22-15-8-7-14-21(22)20-13-6-5-12-19(20)18-10-3-2-4-11-18/h2-17,24H,26-27H2,1H3. The molecule has 0 aromatic heterocycles. The number of rotatable bonds is 3. The molecule has 0 amide bonds. The average molecular weight is 352 g/mol. The summed E-state index contributed by atoms with van der Waals surface area (Å²) in [7, 11) is 0. The Morgan fingerprint density at radius 1 is 0.704 bits per heavy atom. The molecule has 0 aliphatic heterocycles. The molecule has 0 fully saturated rings. The highest BCUT2D eigenvalue weighted by atomic mass is 14.8.